The summed E-state index contributed by atoms with van der Waals surface area (Å²) in [5.41, 5.74) is 3.41. The second kappa shape index (κ2) is 7.85. The fourth-order valence-electron chi connectivity index (χ4n) is 6.12. The van der Waals surface area contributed by atoms with Crippen LogP contribution in [0.4, 0.5) is 5.69 Å². The Kier molecular flexibility index (Phi) is 4.58. The summed E-state index contributed by atoms with van der Waals surface area (Å²) in [5.74, 6) is 1.39. The molecule has 0 radical (unpaired) electrons. The van der Waals surface area contributed by atoms with Crippen LogP contribution in [0.1, 0.15) is 29.7 Å². The molecule has 1 aromatic heterocycles. The number of anilines is 1. The van der Waals surface area contributed by atoms with Crippen LogP contribution < -0.4 is 9.64 Å². The molecule has 0 atom stereocenters. The number of carbonyl (C=O) groups excluding carboxylic acids is 1. The first-order valence-corrected chi connectivity index (χ1v) is 12.4. The van der Waals surface area contributed by atoms with E-state index in [4.69, 9.17) is 4.74 Å². The topological polar surface area (TPSA) is 74.4 Å². The molecular weight excluding hydrogens is 450 g/mol. The zero-order chi connectivity index (χ0) is 24.3. The Morgan fingerprint density at radius 1 is 1.08 bits per heavy atom. The number of carbonyl (C=O) groups is 1. The van der Waals surface area contributed by atoms with E-state index >= 15 is 0 Å². The number of aromatic nitrogens is 2. The lowest BCUT2D eigenvalue weighted by atomic mass is 9.85. The number of rotatable bonds is 0. The van der Waals surface area contributed by atoms with Crippen molar-refractivity contribution in [3.63, 3.8) is 0 Å². The number of nitrogens with zero attached hydrogens (tertiary/aromatic N) is 5. The average Bonchev–Trinajstić information content (AvgIpc) is 3.50. The Labute approximate surface area is 209 Å². The van der Waals surface area contributed by atoms with Crippen molar-refractivity contribution < 1.29 is 9.53 Å². The van der Waals surface area contributed by atoms with Gasteiger partial charge in [0.2, 0.25) is 5.91 Å². The van der Waals surface area contributed by atoms with E-state index in [2.05, 4.69) is 51.2 Å². The molecule has 0 N–H and O–H groups in total. The van der Waals surface area contributed by atoms with Crippen molar-refractivity contribution in [2.45, 2.75) is 31.3 Å². The van der Waals surface area contributed by atoms with E-state index in [1.54, 1.807) is 18.6 Å². The van der Waals surface area contributed by atoms with E-state index in [9.17, 15) is 10.1 Å². The number of nitriles is 1. The zero-order valence-corrected chi connectivity index (χ0v) is 19.9. The van der Waals surface area contributed by atoms with Gasteiger partial charge < -0.3 is 19.1 Å². The lowest BCUT2D eigenvalue weighted by Gasteiger charge is -2.54. The maximum atomic E-state index is 13.5. The van der Waals surface area contributed by atoms with E-state index in [1.807, 2.05) is 22.8 Å². The molecule has 6 bridgehead atoms. The van der Waals surface area contributed by atoms with Crippen LogP contribution in [-0.2, 0) is 17.8 Å². The predicted molar refractivity (Wildman–Crippen MR) is 136 cm³/mol. The Morgan fingerprint density at radius 3 is 2.89 bits per heavy atom. The molecule has 4 aromatic rings. The third-order valence-electron chi connectivity index (χ3n) is 7.92. The molecule has 7 nitrogen and oxygen atoms in total. The second-order valence-corrected chi connectivity index (χ2v) is 10.1. The van der Waals surface area contributed by atoms with E-state index < -0.39 is 0 Å². The summed E-state index contributed by atoms with van der Waals surface area (Å²) in [5, 5.41) is 12.0. The molecule has 3 aromatic carbocycles. The highest BCUT2D eigenvalue weighted by Crippen LogP contribution is 2.43. The van der Waals surface area contributed by atoms with Gasteiger partial charge in [-0.15, -0.1) is 0 Å². The van der Waals surface area contributed by atoms with Crippen molar-refractivity contribution in [3.8, 4) is 17.6 Å². The second-order valence-electron chi connectivity index (χ2n) is 10.1. The van der Waals surface area contributed by atoms with Crippen LogP contribution in [0.25, 0.3) is 10.8 Å². The third kappa shape index (κ3) is 3.25. The molecule has 0 unspecified atom stereocenters. The highest BCUT2D eigenvalue weighted by Gasteiger charge is 2.52. The first-order chi connectivity index (χ1) is 17.6. The summed E-state index contributed by atoms with van der Waals surface area (Å²) in [6, 6.07) is 20.3. The minimum Gasteiger partial charge on any atom is -0.456 e. The summed E-state index contributed by atoms with van der Waals surface area (Å²) in [4.78, 5) is 22.4. The standard InChI is InChI=1S/C29H25N5O2/c30-14-22-6-5-20-11-27(22)36-24-8-7-21-3-1-4-26(25(21)13-24)33-17-29(18-33)9-2-10-34(29)28(35)12-23-15-31-19-32(23)16-20/h1,3-8,11,13,15,19H,2,9-10,12,16-18H2. The highest BCUT2D eigenvalue weighted by atomic mass is 16.5. The zero-order valence-electron chi connectivity index (χ0n) is 19.9. The predicted octanol–water partition coefficient (Wildman–Crippen LogP) is 4.49. The Bertz CT molecular complexity index is 1560. The SMILES string of the molecule is N#Cc1ccc2cc1Oc1ccc3cccc(c3c1)N1CC3(CCCN3C(=O)Cc3cncn3C2)C1. The average molecular weight is 476 g/mol. The molecule has 4 aliphatic heterocycles. The van der Waals surface area contributed by atoms with Crippen LogP contribution in [0.15, 0.2) is 67.1 Å². The Hall–Kier alpha value is -4.31. The van der Waals surface area contributed by atoms with E-state index in [0.29, 0.717) is 30.0 Å². The number of benzene rings is 3. The molecular formula is C29H25N5O2. The molecule has 8 rings (SSSR count). The maximum absolute atomic E-state index is 13.5. The molecule has 178 valence electrons. The molecule has 2 fully saturated rings. The van der Waals surface area contributed by atoms with Crippen LogP contribution in [0.5, 0.6) is 11.5 Å². The number of ether oxygens (including phenoxy) is 1. The number of fused-ring (bicyclic) bond motifs is 1. The summed E-state index contributed by atoms with van der Waals surface area (Å²) in [6.07, 6.45) is 5.97. The van der Waals surface area contributed by atoms with Crippen molar-refractivity contribution >= 4 is 22.4 Å². The summed E-state index contributed by atoms with van der Waals surface area (Å²) < 4.78 is 8.31. The maximum Gasteiger partial charge on any atom is 0.229 e. The van der Waals surface area contributed by atoms with Crippen LogP contribution >= 0.6 is 0 Å². The van der Waals surface area contributed by atoms with Gasteiger partial charge in [0.25, 0.3) is 0 Å². The van der Waals surface area contributed by atoms with Crippen molar-refractivity contribution in [2.75, 3.05) is 24.5 Å². The van der Waals surface area contributed by atoms with Crippen molar-refractivity contribution in [1.82, 2.24) is 14.5 Å². The molecule has 2 saturated heterocycles. The van der Waals surface area contributed by atoms with Gasteiger partial charge >= 0.3 is 0 Å². The van der Waals surface area contributed by atoms with Crippen LogP contribution in [-0.4, -0.2) is 45.5 Å². The highest BCUT2D eigenvalue weighted by molar-refractivity contribution is 5.96. The van der Waals surface area contributed by atoms with E-state index in [1.165, 1.54) is 0 Å². The molecule has 4 aliphatic rings. The van der Waals surface area contributed by atoms with Gasteiger partial charge in [-0.2, -0.15) is 5.26 Å². The number of amides is 1. The molecule has 5 heterocycles. The minimum absolute atomic E-state index is 0.0967. The molecule has 0 saturated carbocycles. The summed E-state index contributed by atoms with van der Waals surface area (Å²) >= 11 is 0. The lowest BCUT2D eigenvalue weighted by Crippen LogP contribution is -2.69. The largest absolute Gasteiger partial charge is 0.456 e. The first-order valence-electron chi connectivity index (χ1n) is 12.4. The summed E-state index contributed by atoms with van der Waals surface area (Å²) in [6.45, 7) is 3.03. The smallest absolute Gasteiger partial charge is 0.229 e. The van der Waals surface area contributed by atoms with Crippen molar-refractivity contribution in [1.29, 1.82) is 5.26 Å². The van der Waals surface area contributed by atoms with Crippen molar-refractivity contribution in [3.05, 3.63) is 83.9 Å². The van der Waals surface area contributed by atoms with Gasteiger partial charge in [0.1, 0.15) is 17.6 Å². The third-order valence-corrected chi connectivity index (χ3v) is 7.92. The van der Waals surface area contributed by atoms with Crippen molar-refractivity contribution in [2.24, 2.45) is 0 Å². The van der Waals surface area contributed by atoms with Gasteiger partial charge in [-0.25, -0.2) is 4.98 Å². The monoisotopic (exact) mass is 475 g/mol. The normalized spacial score (nSPS) is 18.1. The molecule has 1 spiro atoms. The molecule has 36 heavy (non-hydrogen) atoms. The van der Waals surface area contributed by atoms with Gasteiger partial charge in [-0.3, -0.25) is 4.79 Å². The quantitative estimate of drug-likeness (QED) is 0.375. The Balaban J connectivity index is 1.37. The van der Waals surface area contributed by atoms with Crippen LogP contribution in [0.3, 0.4) is 0 Å². The lowest BCUT2D eigenvalue weighted by molar-refractivity contribution is -0.135. The summed E-state index contributed by atoms with van der Waals surface area (Å²) in [7, 11) is 0. The van der Waals surface area contributed by atoms with E-state index in [0.717, 1.165) is 60.2 Å². The fraction of sp³-hybridized carbons (Fsp3) is 0.276. The number of hydrogen-bond donors (Lipinski definition) is 0. The molecule has 0 aliphatic carbocycles. The van der Waals surface area contributed by atoms with Gasteiger partial charge in [0, 0.05) is 49.1 Å². The number of imidazole rings is 1. The van der Waals surface area contributed by atoms with Gasteiger partial charge in [0.15, 0.2) is 0 Å². The number of hydrogen-bond acceptors (Lipinski definition) is 5. The van der Waals surface area contributed by atoms with Crippen LogP contribution in [0.2, 0.25) is 0 Å². The van der Waals surface area contributed by atoms with E-state index in [-0.39, 0.29) is 11.4 Å². The minimum atomic E-state index is -0.0967. The van der Waals surface area contributed by atoms with Crippen LogP contribution in [0, 0.1) is 11.3 Å². The Morgan fingerprint density at radius 2 is 2.00 bits per heavy atom. The first kappa shape index (κ1) is 21.0. The van der Waals surface area contributed by atoms with Gasteiger partial charge in [-0.1, -0.05) is 24.3 Å². The fourth-order valence-corrected chi connectivity index (χ4v) is 6.12. The molecule has 7 heteroatoms. The molecule has 1 amide bonds. The van der Waals surface area contributed by atoms with Gasteiger partial charge in [0.05, 0.1) is 23.9 Å². The van der Waals surface area contributed by atoms with Gasteiger partial charge in [-0.05, 0) is 54.1 Å².